The molecule has 12 heterocycles. The topological polar surface area (TPSA) is 1010 Å². The number of hydrogen-bond donors (Lipinski definition) is 37. The number of aliphatic hydroxyl groups excluding tert-OH is 31. The van der Waals surface area contributed by atoms with E-state index < -0.39 is 476 Å². The molecule has 0 aromatic rings. The Bertz CT molecular complexity index is 4240. The second kappa shape index (κ2) is 54.0. The van der Waals surface area contributed by atoms with Crippen LogP contribution in [0.1, 0.15) is 48.5 Å². The lowest BCUT2D eigenvalue weighted by Gasteiger charge is -2.51. The van der Waals surface area contributed by atoms with Gasteiger partial charge in [0, 0.05) is 41.5 Å². The monoisotopic (exact) mass is 2190 g/mol. The lowest BCUT2D eigenvalue weighted by molar-refractivity contribution is -0.399. The molecule has 866 valence electrons. The summed E-state index contributed by atoms with van der Waals surface area (Å²) in [6.45, 7) is -5.93. The molecular formula is C84H140N6O60. The fourth-order valence-corrected chi connectivity index (χ4v) is 19.5. The van der Waals surface area contributed by atoms with E-state index in [1.54, 1.807) is 0 Å². The quantitative estimate of drug-likeness (QED) is 0.0272. The Morgan fingerprint density at radius 1 is 0.187 bits per heavy atom. The number of carbonyl (C=O) groups is 6. The first-order chi connectivity index (χ1) is 70.9. The first-order valence-corrected chi connectivity index (χ1v) is 48.0. The molecule has 0 unspecified atom stereocenters. The van der Waals surface area contributed by atoms with E-state index in [0.717, 1.165) is 41.5 Å². The largest absolute Gasteiger partial charge is 0.394 e. The summed E-state index contributed by atoms with van der Waals surface area (Å²) in [4.78, 5) is 78.3. The van der Waals surface area contributed by atoms with Crippen LogP contribution in [0.4, 0.5) is 0 Å². The van der Waals surface area contributed by atoms with E-state index in [-0.39, 0.29) is 0 Å². The van der Waals surface area contributed by atoms with Gasteiger partial charge in [-0.25, -0.2) is 0 Å². The summed E-state index contributed by atoms with van der Waals surface area (Å²) >= 11 is 0. The third-order valence-electron chi connectivity index (χ3n) is 27.4. The Kier molecular flexibility index (Phi) is 44.4. The minimum Gasteiger partial charge on any atom is -0.394 e. The van der Waals surface area contributed by atoms with Crippen LogP contribution in [0.15, 0.2) is 0 Å². The van der Waals surface area contributed by atoms with E-state index in [4.69, 9.17) is 109 Å². The number of rotatable bonds is 39. The zero-order valence-corrected chi connectivity index (χ0v) is 81.1. The van der Waals surface area contributed by atoms with Crippen LogP contribution in [0.2, 0.25) is 0 Å². The molecule has 6 amide bonds. The van der Waals surface area contributed by atoms with Gasteiger partial charge in [0.05, 0.1) is 78.8 Å². The molecule has 12 fully saturated rings. The average molecular weight is 2190 g/mol. The van der Waals surface area contributed by atoms with E-state index in [9.17, 15) is 187 Å². The predicted molar refractivity (Wildman–Crippen MR) is 463 cm³/mol. The number of aliphatic hydroxyl groups is 31. The maximum absolute atomic E-state index is 13.5. The van der Waals surface area contributed by atoms with Crippen molar-refractivity contribution in [2.24, 2.45) is 0 Å². The van der Waals surface area contributed by atoms with E-state index in [2.05, 4.69) is 31.9 Å². The van der Waals surface area contributed by atoms with Gasteiger partial charge in [-0.2, -0.15) is 0 Å². The number of carbonyl (C=O) groups excluding carboxylic acids is 6. The molecule has 0 aromatic heterocycles. The molecule has 0 saturated carbocycles. The highest BCUT2D eigenvalue weighted by molar-refractivity contribution is 5.75. The van der Waals surface area contributed by atoms with Crippen LogP contribution in [-0.2, 0) is 138 Å². The van der Waals surface area contributed by atoms with Crippen LogP contribution in [-0.4, -0.2) is 635 Å². The van der Waals surface area contributed by atoms with Gasteiger partial charge in [-0.1, -0.05) is 0 Å². The molecule has 0 aromatic carbocycles. The smallest absolute Gasteiger partial charge is 0.217 e. The Labute approximate surface area is 849 Å². The van der Waals surface area contributed by atoms with Crippen molar-refractivity contribution in [2.45, 2.75) is 417 Å². The summed E-state index contributed by atoms with van der Waals surface area (Å²) < 4.78 is 139. The third-order valence-corrected chi connectivity index (χ3v) is 27.4. The van der Waals surface area contributed by atoms with Crippen molar-refractivity contribution < 1.29 is 296 Å². The van der Waals surface area contributed by atoms with Crippen molar-refractivity contribution in [1.29, 1.82) is 0 Å². The minimum absolute atomic E-state index is 0.856. The average Bonchev–Trinajstić information content (AvgIpc) is 0.759. The lowest BCUT2D eigenvalue weighted by Crippen LogP contribution is -2.71. The predicted octanol–water partition coefficient (Wildman–Crippen LogP) is -25.3. The lowest BCUT2D eigenvalue weighted by atomic mass is 9.93. The van der Waals surface area contributed by atoms with Crippen LogP contribution in [0.3, 0.4) is 0 Å². The molecule has 0 bridgehead atoms. The molecule has 12 aliphatic heterocycles. The summed E-state index contributed by atoms with van der Waals surface area (Å²) in [5.41, 5.74) is 0. The Morgan fingerprint density at radius 3 is 0.807 bits per heavy atom. The van der Waals surface area contributed by atoms with Crippen LogP contribution in [0.25, 0.3) is 0 Å². The van der Waals surface area contributed by atoms with Crippen molar-refractivity contribution >= 4 is 35.4 Å². The summed E-state index contributed by atoms with van der Waals surface area (Å²) in [5, 5.41) is 366. The molecular weight excluding hydrogens is 2050 g/mol. The first-order valence-electron chi connectivity index (χ1n) is 48.0. The van der Waals surface area contributed by atoms with Gasteiger partial charge >= 0.3 is 0 Å². The standard InChI is InChI=1S/C84H140N6O60/c1-19-43(105)56(118)61(123)79(131-19)129-18-36-69(51(113)37(73(127)132-36)85-20(2)99)144-76-40(88-23(5)102)54(116)68(33(15-98)138-76)147-82-64(126)70(148-84-72(59(121)47(109)29(11-94)136-84)150-78-41(89-24(6)103)53(115)65(31(13-96)139-78)143-75-38(86-21(3)100)50(112)44(106)26(8-91)133-75)49(111)35(141-82)17-130-83-71(149-77-42(90-25(7)104)55(117)67(32(14-97)140-77)146-81-63(125)58(120)46(108)28(10-93)135-81)60(122)48(110)34(142-83)16-128-74-39(87-22(4)101)52(114)66(30(12-95)137-74)145-80-62(124)57(119)45(107)27(9-92)134-80/h19,26-84,91-98,105-127H,8-18H2,1-7H3,(H,85,99)(H,86,100)(H,87,101)(H,88,102)(H,89,103)(H,90,104)/t19-,26+,27+,28+,29+,30+,31+,32+,33+,34+,35+,36+,37+,38+,39+,40+,41+,42+,43+,44-,45-,46-,47+,48+,49+,50+,51+,52+,53+,54+,55+,56+,57-,58-,59-,60-,61-,62+,63+,64-,65+,66+,67+,68+,69+,70-,71-,72-,73+,74-,75-,76-,77-,78-,79+,80-,81-,82-,83-,84+/m0/s1. The highest BCUT2D eigenvalue weighted by Gasteiger charge is 2.64. The molecule has 0 radical (unpaired) electrons. The van der Waals surface area contributed by atoms with Crippen molar-refractivity contribution in [3.05, 3.63) is 0 Å². The van der Waals surface area contributed by atoms with Crippen molar-refractivity contribution in [2.75, 3.05) is 72.7 Å². The second-order valence-electron chi connectivity index (χ2n) is 38.1. The minimum atomic E-state index is -2.76. The second-order valence-corrected chi connectivity index (χ2v) is 38.1. The van der Waals surface area contributed by atoms with Gasteiger partial charge in [0.1, 0.15) is 287 Å². The van der Waals surface area contributed by atoms with Crippen molar-refractivity contribution in [3.8, 4) is 0 Å². The van der Waals surface area contributed by atoms with E-state index >= 15 is 0 Å². The fraction of sp³-hybridized carbons (Fsp3) is 0.929. The van der Waals surface area contributed by atoms with E-state index in [1.807, 2.05) is 0 Å². The van der Waals surface area contributed by atoms with Crippen molar-refractivity contribution in [1.82, 2.24) is 31.9 Å². The Hall–Kier alpha value is -5.34. The normalized spacial score (nSPS) is 48.8. The summed E-state index contributed by atoms with van der Waals surface area (Å²) in [6, 6.07) is -11.7. The highest BCUT2D eigenvalue weighted by Crippen LogP contribution is 2.43. The van der Waals surface area contributed by atoms with Crippen LogP contribution in [0.5, 0.6) is 0 Å². The molecule has 60 atom stereocenters. The Morgan fingerprint density at radius 2 is 0.420 bits per heavy atom. The van der Waals surface area contributed by atoms with E-state index in [1.165, 1.54) is 6.92 Å². The van der Waals surface area contributed by atoms with Crippen LogP contribution < -0.4 is 31.9 Å². The number of nitrogens with one attached hydrogen (secondary N) is 6. The molecule has 0 aliphatic carbocycles. The zero-order chi connectivity index (χ0) is 110. The molecule has 12 aliphatic rings. The Balaban J connectivity index is 0.918. The number of amides is 6. The number of ether oxygens (including phenoxy) is 23. The molecule has 66 heteroatoms. The van der Waals surface area contributed by atoms with Gasteiger partial charge in [-0.15, -0.1) is 0 Å². The van der Waals surface area contributed by atoms with Gasteiger partial charge in [0.2, 0.25) is 35.4 Å². The van der Waals surface area contributed by atoms with Crippen LogP contribution in [0, 0.1) is 0 Å². The molecule has 0 spiro atoms. The zero-order valence-electron chi connectivity index (χ0n) is 81.1. The van der Waals surface area contributed by atoms with Crippen molar-refractivity contribution in [3.63, 3.8) is 0 Å². The summed E-state index contributed by atoms with van der Waals surface area (Å²) in [5.74, 6) is -5.82. The van der Waals surface area contributed by atoms with Gasteiger partial charge < -0.3 is 299 Å². The summed E-state index contributed by atoms with van der Waals surface area (Å²) in [6.07, 6.45) is -116. The molecule has 37 N–H and O–H groups in total. The van der Waals surface area contributed by atoms with E-state index in [0.29, 0.717) is 0 Å². The van der Waals surface area contributed by atoms with Gasteiger partial charge in [-0.3, -0.25) is 28.8 Å². The van der Waals surface area contributed by atoms with Gasteiger partial charge in [-0.05, 0) is 6.92 Å². The molecule has 12 rings (SSSR count). The highest BCUT2D eigenvalue weighted by atomic mass is 16.8. The first kappa shape index (κ1) is 123. The molecule has 12 saturated heterocycles. The number of hydrogen-bond acceptors (Lipinski definition) is 60. The SMILES string of the molecule is CC(=O)N[C@@H]1[C@@H](O)[C@H](O[C@@H]2O[C@H](CO)[C@@H](O[C@@H]3O[C@H](CO[C@H]4O[C@H](CO[C@H]5O[C@H](CO)[C@@H](O[C@@H]6O[C@H](CO)[C@H](O)[C@H](O)[C@H]6O)[C@H](O)[C@H]5NC(C)=O)[C@@H](O)[C@H](O)[C@@H]4O[C@@H]4O[C@H](CO)[C@@H](O[C@@H]5O[C@H](CO)[C@H](O)[C@H](O)[C@H]5O)[C@H](O)[C@H]4NC(C)=O)[C@@H](O)[C@H](O[C@H]4O[C@H](CO)[C@@H](O)[C@H](O)[C@@H]4O[C@@H]4O[C@H](CO)[C@@H](O[C@@H]5O[C@H](CO)[C@H](O)[C@H](O)[C@H]5NC(C)=O)[C@H](O)[C@H]4NC(C)=O)[C@@H]3O)[C@H](O)[C@H]2NC(C)=O)[C@@H](CO[C@@H]2O[C@@H](C)[C@@H](O)[C@@H](O)[C@@H]2O)O[C@H]1O. The fourth-order valence-electron chi connectivity index (χ4n) is 19.5. The molecule has 66 nitrogen and oxygen atoms in total. The molecule has 150 heavy (non-hydrogen) atoms. The maximum atomic E-state index is 13.5. The van der Waals surface area contributed by atoms with Gasteiger partial charge in [0.15, 0.2) is 75.5 Å². The maximum Gasteiger partial charge on any atom is 0.217 e. The van der Waals surface area contributed by atoms with Gasteiger partial charge in [0.25, 0.3) is 0 Å². The summed E-state index contributed by atoms with van der Waals surface area (Å²) in [7, 11) is 0. The van der Waals surface area contributed by atoms with Crippen LogP contribution >= 0.6 is 0 Å². The third kappa shape index (κ3) is 27.7.